The molecule has 0 aromatic carbocycles. The van der Waals surface area contributed by atoms with Crippen molar-refractivity contribution >= 4 is 22.9 Å². The molecule has 4 rings (SSSR count). The predicted molar refractivity (Wildman–Crippen MR) is 128 cm³/mol. The molecule has 3 aliphatic rings. The zero-order chi connectivity index (χ0) is 22.4. The van der Waals surface area contributed by atoms with Crippen LogP contribution in [0.4, 0.5) is 0 Å². The molecule has 0 spiro atoms. The van der Waals surface area contributed by atoms with Crippen LogP contribution in [0.25, 0.3) is 0 Å². The van der Waals surface area contributed by atoms with Crippen molar-refractivity contribution in [2.75, 3.05) is 0 Å². The van der Waals surface area contributed by atoms with Crippen molar-refractivity contribution in [3.8, 4) is 0 Å². The normalized spacial score (nSPS) is 23.0. The Kier molecular flexibility index (Phi) is 6.06. The Morgan fingerprint density at radius 1 is 0.871 bits per heavy atom. The number of dihydropyridines is 1. The first-order valence-corrected chi connectivity index (χ1v) is 12.8. The Balaban J connectivity index is 1.73. The summed E-state index contributed by atoms with van der Waals surface area (Å²) in [6.45, 7) is 10.9. The van der Waals surface area contributed by atoms with E-state index in [9.17, 15) is 9.59 Å². The second kappa shape index (κ2) is 8.35. The van der Waals surface area contributed by atoms with Crippen LogP contribution in [0.2, 0.25) is 0 Å². The van der Waals surface area contributed by atoms with E-state index in [1.165, 1.54) is 35.4 Å². The molecule has 0 atom stereocenters. The van der Waals surface area contributed by atoms with Gasteiger partial charge in [0.05, 0.1) is 5.92 Å². The van der Waals surface area contributed by atoms with Crippen LogP contribution in [0.1, 0.15) is 102 Å². The maximum absolute atomic E-state index is 13.4. The molecule has 0 fully saturated rings. The Morgan fingerprint density at radius 3 is 2.00 bits per heavy atom. The molecular formula is C27H37NO2S. The minimum atomic E-state index is -0.173. The van der Waals surface area contributed by atoms with Gasteiger partial charge in [-0.1, -0.05) is 53.9 Å². The third kappa shape index (κ3) is 4.60. The minimum Gasteiger partial charge on any atom is -0.362 e. The molecule has 0 saturated carbocycles. The summed E-state index contributed by atoms with van der Waals surface area (Å²) in [4.78, 5) is 29.3. The largest absolute Gasteiger partial charge is 0.362 e. The van der Waals surface area contributed by atoms with Crippen LogP contribution < -0.4 is 5.32 Å². The highest BCUT2D eigenvalue weighted by atomic mass is 32.1. The van der Waals surface area contributed by atoms with Crippen LogP contribution in [0.5, 0.6) is 0 Å². The van der Waals surface area contributed by atoms with Gasteiger partial charge in [-0.15, -0.1) is 11.3 Å². The van der Waals surface area contributed by atoms with Crippen molar-refractivity contribution < 1.29 is 9.59 Å². The van der Waals surface area contributed by atoms with Gasteiger partial charge in [-0.05, 0) is 48.6 Å². The van der Waals surface area contributed by atoms with Gasteiger partial charge >= 0.3 is 0 Å². The van der Waals surface area contributed by atoms with Gasteiger partial charge in [0.2, 0.25) is 0 Å². The van der Waals surface area contributed by atoms with Crippen LogP contribution in [-0.2, 0) is 16.0 Å². The first-order valence-electron chi connectivity index (χ1n) is 12.0. The summed E-state index contributed by atoms with van der Waals surface area (Å²) >= 11 is 1.81. The molecule has 168 valence electrons. The maximum atomic E-state index is 13.4. The number of unbranched alkanes of at least 4 members (excludes halogenated alkanes) is 3. The van der Waals surface area contributed by atoms with Crippen molar-refractivity contribution in [2.24, 2.45) is 10.8 Å². The van der Waals surface area contributed by atoms with Crippen molar-refractivity contribution in [1.29, 1.82) is 0 Å². The van der Waals surface area contributed by atoms with E-state index in [-0.39, 0.29) is 28.3 Å². The van der Waals surface area contributed by atoms with Gasteiger partial charge < -0.3 is 5.32 Å². The highest BCUT2D eigenvalue weighted by molar-refractivity contribution is 7.12. The Hall–Kier alpha value is -1.68. The summed E-state index contributed by atoms with van der Waals surface area (Å²) in [5, 5.41) is 3.61. The number of thiophene rings is 1. The van der Waals surface area contributed by atoms with E-state index < -0.39 is 0 Å². The number of rotatable bonds is 6. The average molecular weight is 440 g/mol. The van der Waals surface area contributed by atoms with Gasteiger partial charge in [-0.2, -0.15) is 0 Å². The van der Waals surface area contributed by atoms with Gasteiger partial charge in [-0.25, -0.2) is 0 Å². The number of nitrogens with one attached hydrogen (secondary N) is 1. The number of allylic oxidation sites excluding steroid dienone is 4. The molecular weight excluding hydrogens is 402 g/mol. The average Bonchev–Trinajstić information content (AvgIpc) is 3.10. The molecule has 4 heteroatoms. The fraction of sp³-hybridized carbons (Fsp3) is 0.630. The third-order valence-electron chi connectivity index (χ3n) is 6.96. The van der Waals surface area contributed by atoms with E-state index in [0.717, 1.165) is 41.8 Å². The van der Waals surface area contributed by atoms with Gasteiger partial charge in [0.15, 0.2) is 11.6 Å². The van der Waals surface area contributed by atoms with Crippen molar-refractivity contribution in [2.45, 2.75) is 98.3 Å². The summed E-state index contributed by atoms with van der Waals surface area (Å²) < 4.78 is 0. The molecule has 0 unspecified atom stereocenters. The lowest BCUT2D eigenvalue weighted by Gasteiger charge is -2.43. The Morgan fingerprint density at radius 2 is 1.45 bits per heavy atom. The van der Waals surface area contributed by atoms with E-state index in [1.807, 2.05) is 11.3 Å². The number of hydrogen-bond donors (Lipinski definition) is 1. The SMILES string of the molecule is CCCCCCc1ccc(C2C3=C(CC(C)(C)CC3=O)NC3=C2C(=O)CC(C)(C)C3)s1. The van der Waals surface area contributed by atoms with Crippen molar-refractivity contribution in [3.05, 3.63) is 44.4 Å². The van der Waals surface area contributed by atoms with E-state index in [1.54, 1.807) is 0 Å². The number of carbonyl (C=O) groups is 2. The van der Waals surface area contributed by atoms with Crippen LogP contribution in [-0.4, -0.2) is 11.6 Å². The summed E-state index contributed by atoms with van der Waals surface area (Å²) in [5.74, 6) is 0.254. The maximum Gasteiger partial charge on any atom is 0.162 e. The van der Waals surface area contributed by atoms with Gasteiger partial charge in [0, 0.05) is 45.1 Å². The van der Waals surface area contributed by atoms with Crippen LogP contribution in [0.15, 0.2) is 34.7 Å². The third-order valence-corrected chi connectivity index (χ3v) is 8.17. The molecule has 1 aromatic rings. The number of aryl methyl sites for hydroxylation is 1. The van der Waals surface area contributed by atoms with E-state index in [4.69, 9.17) is 0 Å². The second-order valence-electron chi connectivity index (χ2n) is 11.3. The molecule has 0 saturated heterocycles. The summed E-state index contributed by atoms with van der Waals surface area (Å²) in [6.07, 6.45) is 8.95. The summed E-state index contributed by atoms with van der Waals surface area (Å²) in [6, 6.07) is 4.41. The molecule has 0 bridgehead atoms. The molecule has 2 heterocycles. The van der Waals surface area contributed by atoms with Crippen LogP contribution >= 0.6 is 11.3 Å². The lowest BCUT2D eigenvalue weighted by Crippen LogP contribution is -2.42. The number of hydrogen-bond acceptors (Lipinski definition) is 4. The quantitative estimate of drug-likeness (QED) is 0.493. The number of ketones is 2. The number of Topliss-reactive ketones (excluding diaryl/α,β-unsaturated/α-hetero) is 2. The van der Waals surface area contributed by atoms with Crippen molar-refractivity contribution in [3.63, 3.8) is 0 Å². The van der Waals surface area contributed by atoms with E-state index >= 15 is 0 Å². The Labute approximate surface area is 191 Å². The highest BCUT2D eigenvalue weighted by Gasteiger charge is 2.46. The standard InChI is InChI=1S/C27H37NO2S/c1-6-7-8-9-10-17-11-12-22(31-17)25-23-18(13-26(2,3)15-20(23)29)28-19-14-27(4,5)16-21(30)24(19)25/h11-12,25,28H,6-10,13-16H2,1-5H3. The molecule has 1 aliphatic heterocycles. The minimum absolute atomic E-state index is 0.0421. The smallest absolute Gasteiger partial charge is 0.162 e. The summed E-state index contributed by atoms with van der Waals surface area (Å²) in [5.41, 5.74) is 3.77. The van der Waals surface area contributed by atoms with Crippen LogP contribution in [0, 0.1) is 10.8 Å². The zero-order valence-electron chi connectivity index (χ0n) is 19.8. The lowest BCUT2D eigenvalue weighted by molar-refractivity contribution is -0.119. The van der Waals surface area contributed by atoms with Gasteiger partial charge in [0.25, 0.3) is 0 Å². The molecule has 1 aromatic heterocycles. The molecule has 0 radical (unpaired) electrons. The fourth-order valence-corrected chi connectivity index (χ4v) is 6.76. The molecule has 3 nitrogen and oxygen atoms in total. The number of carbonyl (C=O) groups excluding carboxylic acids is 2. The molecule has 0 amide bonds. The first-order chi connectivity index (χ1) is 14.6. The van der Waals surface area contributed by atoms with Gasteiger partial charge in [0.1, 0.15) is 0 Å². The van der Waals surface area contributed by atoms with Crippen molar-refractivity contribution in [1.82, 2.24) is 5.32 Å². The topological polar surface area (TPSA) is 46.2 Å². The molecule has 2 aliphatic carbocycles. The fourth-order valence-electron chi connectivity index (χ4n) is 5.58. The first kappa shape index (κ1) is 22.5. The monoisotopic (exact) mass is 439 g/mol. The lowest BCUT2D eigenvalue weighted by atomic mass is 9.65. The van der Waals surface area contributed by atoms with E-state index in [0.29, 0.717) is 12.8 Å². The van der Waals surface area contributed by atoms with Crippen LogP contribution in [0.3, 0.4) is 0 Å². The summed E-state index contributed by atoms with van der Waals surface area (Å²) in [7, 11) is 0. The van der Waals surface area contributed by atoms with E-state index in [2.05, 4.69) is 52.1 Å². The molecule has 31 heavy (non-hydrogen) atoms. The highest BCUT2D eigenvalue weighted by Crippen LogP contribution is 2.51. The zero-order valence-corrected chi connectivity index (χ0v) is 20.6. The van der Waals surface area contributed by atoms with Gasteiger partial charge in [-0.3, -0.25) is 9.59 Å². The molecule has 1 N–H and O–H groups in total. The Bertz CT molecular complexity index is 908. The predicted octanol–water partition coefficient (Wildman–Crippen LogP) is 6.84. The second-order valence-corrected chi connectivity index (χ2v) is 12.5.